The van der Waals surface area contributed by atoms with E-state index in [1.807, 2.05) is 13.8 Å². The summed E-state index contributed by atoms with van der Waals surface area (Å²) in [6.07, 6.45) is 1.86. The van der Waals surface area contributed by atoms with E-state index in [2.05, 4.69) is 4.90 Å². The Bertz CT molecular complexity index is 647. The molecule has 1 heterocycles. The van der Waals surface area contributed by atoms with Gasteiger partial charge in [0, 0.05) is 18.0 Å². The maximum absolute atomic E-state index is 13.0. The number of rotatable bonds is 5. The normalized spacial score (nSPS) is 24.5. The number of carbonyl (C=O) groups excluding carboxylic acids is 1. The molecule has 2 nitrogen and oxygen atoms in total. The van der Waals surface area contributed by atoms with Gasteiger partial charge >= 0.3 is 6.18 Å². The largest absolute Gasteiger partial charge is 0.416 e. The lowest BCUT2D eigenvalue weighted by atomic mass is 9.87. The highest BCUT2D eigenvalue weighted by molar-refractivity contribution is 5.98. The number of carbonyl (C=O) groups is 1. The molecule has 144 valence electrons. The zero-order chi connectivity index (χ0) is 18.9. The summed E-state index contributed by atoms with van der Waals surface area (Å²) in [7, 11) is 0. The van der Waals surface area contributed by atoms with Gasteiger partial charge in [-0.25, -0.2) is 0 Å². The number of likely N-dealkylation sites (tertiary alicyclic amines) is 1. The molecule has 1 aliphatic carbocycles. The minimum atomic E-state index is -4.38. The molecule has 2 aliphatic rings. The minimum absolute atomic E-state index is 0.00137. The van der Waals surface area contributed by atoms with Crippen molar-refractivity contribution in [3.05, 3.63) is 34.9 Å². The van der Waals surface area contributed by atoms with Crippen molar-refractivity contribution >= 4 is 5.78 Å². The number of benzene rings is 1. The second-order valence-corrected chi connectivity index (χ2v) is 8.08. The Balaban J connectivity index is 1.78. The van der Waals surface area contributed by atoms with E-state index in [1.165, 1.54) is 18.9 Å². The van der Waals surface area contributed by atoms with Crippen LogP contribution in [0.1, 0.15) is 79.8 Å². The monoisotopic (exact) mass is 367 g/mol. The predicted molar refractivity (Wildman–Crippen MR) is 96.4 cm³/mol. The summed E-state index contributed by atoms with van der Waals surface area (Å²) in [6, 6.07) is 4.06. The molecule has 0 radical (unpaired) electrons. The first-order valence-corrected chi connectivity index (χ1v) is 9.75. The van der Waals surface area contributed by atoms with Crippen molar-refractivity contribution in [2.75, 3.05) is 13.1 Å². The number of halogens is 3. The van der Waals surface area contributed by atoms with E-state index in [-0.39, 0.29) is 11.7 Å². The van der Waals surface area contributed by atoms with Gasteiger partial charge in [-0.3, -0.25) is 4.79 Å². The zero-order valence-corrected chi connectivity index (χ0v) is 15.6. The maximum atomic E-state index is 13.0. The first kappa shape index (κ1) is 19.4. The van der Waals surface area contributed by atoms with Gasteiger partial charge in [0.05, 0.1) is 5.56 Å². The quantitative estimate of drug-likeness (QED) is 0.625. The minimum Gasteiger partial charge on any atom is -0.300 e. The first-order valence-electron chi connectivity index (χ1n) is 9.75. The predicted octanol–water partition coefficient (Wildman–Crippen LogP) is 5.67. The fraction of sp³-hybridized carbons (Fsp3) is 0.667. The number of hydrogen-bond donors (Lipinski definition) is 0. The molecule has 0 unspecified atom stereocenters. The number of hydrogen-bond acceptors (Lipinski definition) is 2. The van der Waals surface area contributed by atoms with E-state index < -0.39 is 11.7 Å². The van der Waals surface area contributed by atoms with Crippen LogP contribution >= 0.6 is 0 Å². The molecule has 0 bridgehead atoms. The van der Waals surface area contributed by atoms with E-state index in [1.54, 1.807) is 0 Å². The van der Waals surface area contributed by atoms with Gasteiger partial charge in [-0.1, -0.05) is 26.3 Å². The summed E-state index contributed by atoms with van der Waals surface area (Å²) in [5, 5.41) is 0. The Kier molecular flexibility index (Phi) is 5.75. The first-order chi connectivity index (χ1) is 12.3. The molecule has 0 spiro atoms. The van der Waals surface area contributed by atoms with Crippen LogP contribution in [0.5, 0.6) is 0 Å². The number of alkyl halides is 3. The summed E-state index contributed by atoms with van der Waals surface area (Å²) in [5.41, 5.74) is 0.314. The Morgan fingerprint density at radius 3 is 2.46 bits per heavy atom. The van der Waals surface area contributed by atoms with Crippen LogP contribution in [-0.2, 0) is 6.18 Å². The molecule has 0 amide bonds. The van der Waals surface area contributed by atoms with E-state index in [0.717, 1.165) is 44.5 Å². The van der Waals surface area contributed by atoms with E-state index in [0.29, 0.717) is 29.5 Å². The van der Waals surface area contributed by atoms with Gasteiger partial charge in [0.2, 0.25) is 0 Å². The topological polar surface area (TPSA) is 20.3 Å². The van der Waals surface area contributed by atoms with Gasteiger partial charge in [0.25, 0.3) is 0 Å². The molecule has 1 aromatic carbocycles. The second-order valence-electron chi connectivity index (χ2n) is 8.08. The fourth-order valence-corrected chi connectivity index (χ4v) is 4.63. The van der Waals surface area contributed by atoms with Crippen molar-refractivity contribution in [3.63, 3.8) is 0 Å². The SMILES string of the molecule is CC(C)c1cc(C(F)(F)F)ccc1C(=O)C[C@H]1CCC[C@H]1N1CCCC1. The molecule has 0 aromatic heterocycles. The highest BCUT2D eigenvalue weighted by Crippen LogP contribution is 2.37. The Hall–Kier alpha value is -1.36. The molecule has 1 saturated carbocycles. The molecule has 5 heteroatoms. The van der Waals surface area contributed by atoms with Crippen LogP contribution in [0.2, 0.25) is 0 Å². The summed E-state index contributed by atoms with van der Waals surface area (Å²) >= 11 is 0. The standard InChI is InChI=1S/C21H28F3NO/c1-14(2)18-13-16(21(22,23)24)8-9-17(18)20(26)12-15-6-5-7-19(15)25-10-3-4-11-25/h8-9,13-15,19H,3-7,10-12H2,1-2H3/t15-,19-/m1/s1. The average Bonchev–Trinajstić information content (AvgIpc) is 3.24. The third kappa shape index (κ3) is 4.13. The molecule has 2 atom stereocenters. The third-order valence-corrected chi connectivity index (χ3v) is 5.98. The fourth-order valence-electron chi connectivity index (χ4n) is 4.63. The molecular formula is C21H28F3NO. The lowest BCUT2D eigenvalue weighted by Gasteiger charge is -2.29. The zero-order valence-electron chi connectivity index (χ0n) is 15.6. The lowest BCUT2D eigenvalue weighted by molar-refractivity contribution is -0.137. The Labute approximate surface area is 153 Å². The molecule has 0 N–H and O–H groups in total. The second kappa shape index (κ2) is 7.71. The van der Waals surface area contributed by atoms with Gasteiger partial charge in [-0.15, -0.1) is 0 Å². The average molecular weight is 367 g/mol. The molecule has 3 rings (SSSR count). The molecule has 26 heavy (non-hydrogen) atoms. The maximum Gasteiger partial charge on any atom is 0.416 e. The number of nitrogens with zero attached hydrogens (tertiary/aromatic N) is 1. The molecular weight excluding hydrogens is 339 g/mol. The van der Waals surface area contributed by atoms with Gasteiger partial charge in [-0.2, -0.15) is 13.2 Å². The summed E-state index contributed by atoms with van der Waals surface area (Å²) in [5.74, 6) is 0.218. The van der Waals surface area contributed by atoms with Crippen molar-refractivity contribution in [2.45, 2.75) is 70.5 Å². The number of Topliss-reactive ketones (excluding diaryl/α,β-unsaturated/α-hetero) is 1. The highest BCUT2D eigenvalue weighted by atomic mass is 19.4. The number of ketones is 1. The van der Waals surface area contributed by atoms with Crippen LogP contribution < -0.4 is 0 Å². The molecule has 1 saturated heterocycles. The van der Waals surface area contributed by atoms with Gasteiger partial charge in [0.1, 0.15) is 0 Å². The van der Waals surface area contributed by atoms with E-state index in [4.69, 9.17) is 0 Å². The van der Waals surface area contributed by atoms with Crippen LogP contribution in [0.15, 0.2) is 18.2 Å². The van der Waals surface area contributed by atoms with Crippen LogP contribution in [-0.4, -0.2) is 29.8 Å². The van der Waals surface area contributed by atoms with Crippen molar-refractivity contribution in [2.24, 2.45) is 5.92 Å². The Morgan fingerprint density at radius 2 is 1.85 bits per heavy atom. The lowest BCUT2D eigenvalue weighted by Crippen LogP contribution is -2.36. The van der Waals surface area contributed by atoms with Crippen molar-refractivity contribution in [1.82, 2.24) is 4.90 Å². The molecule has 1 aliphatic heterocycles. The highest BCUT2D eigenvalue weighted by Gasteiger charge is 2.36. The van der Waals surface area contributed by atoms with E-state index in [9.17, 15) is 18.0 Å². The Morgan fingerprint density at radius 1 is 1.15 bits per heavy atom. The van der Waals surface area contributed by atoms with E-state index >= 15 is 0 Å². The van der Waals surface area contributed by atoms with Crippen molar-refractivity contribution in [1.29, 1.82) is 0 Å². The van der Waals surface area contributed by atoms with Gasteiger partial charge < -0.3 is 4.90 Å². The van der Waals surface area contributed by atoms with Crippen LogP contribution in [0, 0.1) is 5.92 Å². The third-order valence-electron chi connectivity index (χ3n) is 5.98. The van der Waals surface area contributed by atoms with Crippen LogP contribution in [0.25, 0.3) is 0 Å². The summed E-state index contributed by atoms with van der Waals surface area (Å²) < 4.78 is 39.1. The van der Waals surface area contributed by atoms with Gasteiger partial charge in [0.15, 0.2) is 5.78 Å². The molecule has 1 aromatic rings. The van der Waals surface area contributed by atoms with Gasteiger partial charge in [-0.05, 0) is 68.3 Å². The summed E-state index contributed by atoms with van der Waals surface area (Å²) in [6.45, 7) is 5.92. The van der Waals surface area contributed by atoms with Crippen molar-refractivity contribution < 1.29 is 18.0 Å². The van der Waals surface area contributed by atoms with Crippen LogP contribution in [0.3, 0.4) is 0 Å². The summed E-state index contributed by atoms with van der Waals surface area (Å²) in [4.78, 5) is 15.5. The smallest absolute Gasteiger partial charge is 0.300 e. The van der Waals surface area contributed by atoms with Crippen LogP contribution in [0.4, 0.5) is 13.2 Å². The van der Waals surface area contributed by atoms with Crippen molar-refractivity contribution in [3.8, 4) is 0 Å². The molecule has 2 fully saturated rings.